The molecule has 0 spiro atoms. The molecule has 0 radical (unpaired) electrons. The number of para-hydroxylation sites is 1. The zero-order chi connectivity index (χ0) is 14.6. The van der Waals surface area contributed by atoms with Crippen LogP contribution in [-0.4, -0.2) is 34.7 Å². The average Bonchev–Trinajstić information content (AvgIpc) is 2.47. The third-order valence-corrected chi connectivity index (χ3v) is 5.38. The van der Waals surface area contributed by atoms with Crippen LogP contribution in [0.25, 0.3) is 0 Å². The van der Waals surface area contributed by atoms with E-state index < -0.39 is 10.0 Å². The molecule has 0 bridgehead atoms. The first-order valence-corrected chi connectivity index (χ1v) is 8.37. The van der Waals surface area contributed by atoms with Crippen molar-refractivity contribution in [1.29, 1.82) is 0 Å². The molecular formula is C14H22N2O3S. The average molecular weight is 298 g/mol. The number of nitrogens with one attached hydrogen (secondary N) is 2. The van der Waals surface area contributed by atoms with E-state index in [0.717, 1.165) is 25.7 Å². The lowest BCUT2D eigenvalue weighted by Gasteiger charge is -2.28. The van der Waals surface area contributed by atoms with Gasteiger partial charge < -0.3 is 10.1 Å². The molecule has 20 heavy (non-hydrogen) atoms. The Balaban J connectivity index is 2.08. The molecule has 1 aromatic carbocycles. The number of rotatable bonds is 5. The van der Waals surface area contributed by atoms with Crippen LogP contribution in [0.1, 0.15) is 25.7 Å². The Kier molecular flexibility index (Phi) is 5.01. The summed E-state index contributed by atoms with van der Waals surface area (Å²) in [4.78, 5) is 0.207. The minimum Gasteiger partial charge on any atom is -0.495 e. The number of hydrogen-bond donors (Lipinski definition) is 2. The summed E-state index contributed by atoms with van der Waals surface area (Å²) in [6, 6.07) is 7.20. The number of sulfonamides is 1. The largest absolute Gasteiger partial charge is 0.495 e. The molecule has 1 aromatic rings. The quantitative estimate of drug-likeness (QED) is 0.864. The molecule has 112 valence electrons. The number of ether oxygens (including phenoxy) is 1. The fourth-order valence-electron chi connectivity index (χ4n) is 2.62. The maximum Gasteiger partial charge on any atom is 0.244 e. The Morgan fingerprint density at radius 2 is 1.70 bits per heavy atom. The Hall–Kier alpha value is -1.11. The van der Waals surface area contributed by atoms with E-state index in [0.29, 0.717) is 11.8 Å². The van der Waals surface area contributed by atoms with Crippen LogP contribution in [0.3, 0.4) is 0 Å². The topological polar surface area (TPSA) is 67.4 Å². The van der Waals surface area contributed by atoms with Gasteiger partial charge in [-0.3, -0.25) is 0 Å². The van der Waals surface area contributed by atoms with Crippen LogP contribution in [0.15, 0.2) is 29.2 Å². The van der Waals surface area contributed by atoms with Gasteiger partial charge in [0.15, 0.2) is 0 Å². The molecule has 1 fully saturated rings. The van der Waals surface area contributed by atoms with Crippen molar-refractivity contribution in [3.8, 4) is 5.75 Å². The van der Waals surface area contributed by atoms with Crippen molar-refractivity contribution < 1.29 is 13.2 Å². The molecule has 1 aliphatic carbocycles. The Morgan fingerprint density at radius 1 is 1.10 bits per heavy atom. The lowest BCUT2D eigenvalue weighted by Crippen LogP contribution is -2.41. The fraction of sp³-hybridized carbons (Fsp3) is 0.571. The summed E-state index contributed by atoms with van der Waals surface area (Å²) < 4.78 is 32.8. The fourth-order valence-corrected chi connectivity index (χ4v) is 4.10. The van der Waals surface area contributed by atoms with E-state index in [2.05, 4.69) is 10.0 Å². The Morgan fingerprint density at radius 3 is 2.30 bits per heavy atom. The van der Waals surface area contributed by atoms with Crippen molar-refractivity contribution in [2.45, 2.75) is 42.7 Å². The predicted octanol–water partition coefficient (Wildman–Crippen LogP) is 1.50. The maximum absolute atomic E-state index is 12.4. The molecule has 0 aliphatic heterocycles. The van der Waals surface area contributed by atoms with Gasteiger partial charge in [-0.2, -0.15) is 0 Å². The summed E-state index contributed by atoms with van der Waals surface area (Å²) in [5.41, 5.74) is 0. The Bertz CT molecular complexity index is 537. The molecule has 1 aliphatic rings. The summed E-state index contributed by atoms with van der Waals surface area (Å²) >= 11 is 0. The van der Waals surface area contributed by atoms with Crippen LogP contribution in [0.5, 0.6) is 5.75 Å². The number of hydrogen-bond acceptors (Lipinski definition) is 4. The van der Waals surface area contributed by atoms with Gasteiger partial charge in [0.1, 0.15) is 10.6 Å². The lowest BCUT2D eigenvalue weighted by atomic mass is 9.92. The van der Waals surface area contributed by atoms with Gasteiger partial charge in [-0.1, -0.05) is 12.1 Å². The predicted molar refractivity (Wildman–Crippen MR) is 78.4 cm³/mol. The van der Waals surface area contributed by atoms with Crippen molar-refractivity contribution in [3.05, 3.63) is 24.3 Å². The third-order valence-electron chi connectivity index (χ3n) is 3.82. The Labute approximate surface area is 120 Å². The molecule has 0 aromatic heterocycles. The van der Waals surface area contributed by atoms with Gasteiger partial charge in [0.25, 0.3) is 0 Å². The van der Waals surface area contributed by atoms with Crippen LogP contribution < -0.4 is 14.8 Å². The number of methoxy groups -OCH3 is 1. The van der Waals surface area contributed by atoms with Gasteiger partial charge in [-0.25, -0.2) is 13.1 Å². The van der Waals surface area contributed by atoms with Gasteiger partial charge >= 0.3 is 0 Å². The van der Waals surface area contributed by atoms with Crippen molar-refractivity contribution in [3.63, 3.8) is 0 Å². The molecule has 0 unspecified atom stereocenters. The summed E-state index contributed by atoms with van der Waals surface area (Å²) in [5.74, 6) is 0.379. The van der Waals surface area contributed by atoms with Crippen LogP contribution in [0.4, 0.5) is 0 Å². The third kappa shape index (κ3) is 3.50. The maximum atomic E-state index is 12.4. The molecular weight excluding hydrogens is 276 g/mol. The van der Waals surface area contributed by atoms with Gasteiger partial charge in [-0.15, -0.1) is 0 Å². The highest BCUT2D eigenvalue weighted by Gasteiger charge is 2.26. The zero-order valence-electron chi connectivity index (χ0n) is 11.9. The molecule has 1 saturated carbocycles. The summed E-state index contributed by atoms with van der Waals surface area (Å²) in [7, 11) is -0.0952. The van der Waals surface area contributed by atoms with Crippen molar-refractivity contribution in [1.82, 2.24) is 10.0 Å². The van der Waals surface area contributed by atoms with Gasteiger partial charge in [0.05, 0.1) is 7.11 Å². The van der Waals surface area contributed by atoms with Crippen LogP contribution >= 0.6 is 0 Å². The molecule has 5 nitrogen and oxygen atoms in total. The standard InChI is InChI=1S/C14H22N2O3S/c1-15-11-7-9-12(10-8-11)16-20(17,18)14-6-4-3-5-13(14)19-2/h3-6,11-12,15-16H,7-10H2,1-2H3. The molecule has 0 heterocycles. The molecule has 2 rings (SSSR count). The summed E-state index contributed by atoms with van der Waals surface area (Å²) in [6.45, 7) is 0. The number of benzene rings is 1. The highest BCUT2D eigenvalue weighted by Crippen LogP contribution is 2.25. The molecule has 6 heteroatoms. The highest BCUT2D eigenvalue weighted by atomic mass is 32.2. The first-order valence-electron chi connectivity index (χ1n) is 6.89. The highest BCUT2D eigenvalue weighted by molar-refractivity contribution is 7.89. The zero-order valence-corrected chi connectivity index (χ0v) is 12.7. The van der Waals surface area contributed by atoms with E-state index in [1.807, 2.05) is 7.05 Å². The van der Waals surface area contributed by atoms with Gasteiger partial charge in [0, 0.05) is 12.1 Å². The first kappa shape index (κ1) is 15.3. The van der Waals surface area contributed by atoms with E-state index in [1.54, 1.807) is 24.3 Å². The monoisotopic (exact) mass is 298 g/mol. The van der Waals surface area contributed by atoms with Crippen molar-refractivity contribution in [2.24, 2.45) is 0 Å². The normalized spacial score (nSPS) is 23.5. The lowest BCUT2D eigenvalue weighted by molar-refractivity contribution is 0.342. The second-order valence-electron chi connectivity index (χ2n) is 5.11. The molecule has 0 atom stereocenters. The smallest absolute Gasteiger partial charge is 0.244 e. The molecule has 0 amide bonds. The second kappa shape index (κ2) is 6.56. The minimum absolute atomic E-state index is 0.00881. The second-order valence-corrected chi connectivity index (χ2v) is 6.79. The molecule has 0 saturated heterocycles. The van der Waals surface area contributed by atoms with Crippen LogP contribution in [-0.2, 0) is 10.0 Å². The minimum atomic E-state index is -3.52. The van der Waals surface area contributed by atoms with Crippen LogP contribution in [0, 0.1) is 0 Å². The van der Waals surface area contributed by atoms with E-state index in [4.69, 9.17) is 4.74 Å². The first-order chi connectivity index (χ1) is 9.56. The molecule has 2 N–H and O–H groups in total. The summed E-state index contributed by atoms with van der Waals surface area (Å²) in [6.07, 6.45) is 3.71. The van der Waals surface area contributed by atoms with Crippen LogP contribution in [0.2, 0.25) is 0 Å². The van der Waals surface area contributed by atoms with Gasteiger partial charge in [0.2, 0.25) is 10.0 Å². The van der Waals surface area contributed by atoms with Crippen molar-refractivity contribution in [2.75, 3.05) is 14.2 Å². The summed E-state index contributed by atoms with van der Waals surface area (Å²) in [5, 5.41) is 3.24. The van der Waals surface area contributed by atoms with E-state index in [-0.39, 0.29) is 10.9 Å². The SMILES string of the molecule is CNC1CCC(NS(=O)(=O)c2ccccc2OC)CC1. The van der Waals surface area contributed by atoms with Crippen molar-refractivity contribution >= 4 is 10.0 Å². The van der Waals surface area contributed by atoms with E-state index >= 15 is 0 Å². The van der Waals surface area contributed by atoms with E-state index in [1.165, 1.54) is 7.11 Å². The van der Waals surface area contributed by atoms with E-state index in [9.17, 15) is 8.42 Å². The van der Waals surface area contributed by atoms with Gasteiger partial charge in [-0.05, 0) is 44.9 Å².